The maximum Gasteiger partial charge on any atom is 0.224 e. The molecule has 0 aliphatic carbocycles. The standard InChI is InChI=1S/C26H36N2O3S/c1-3-21-14-15-23(4-2)25(18-21)19-27-26(29)24-13-8-16-28(20-24)32(30,31)17-9-12-22-10-6-5-7-11-22/h5-7,10-11,14-15,18,24H,3-4,8-9,12-13,16-17,19-20H2,1-2H3,(H,27,29). The second-order valence-corrected chi connectivity index (χ2v) is 10.7. The van der Waals surface area contributed by atoms with Crippen LogP contribution in [0.25, 0.3) is 0 Å². The average Bonchev–Trinajstić information content (AvgIpc) is 2.83. The van der Waals surface area contributed by atoms with E-state index < -0.39 is 10.0 Å². The molecule has 1 fully saturated rings. The first-order chi connectivity index (χ1) is 15.4. The average molecular weight is 457 g/mol. The van der Waals surface area contributed by atoms with E-state index in [0.29, 0.717) is 19.5 Å². The van der Waals surface area contributed by atoms with E-state index in [9.17, 15) is 13.2 Å². The summed E-state index contributed by atoms with van der Waals surface area (Å²) in [6, 6.07) is 16.4. The summed E-state index contributed by atoms with van der Waals surface area (Å²) in [6.07, 6.45) is 4.68. The molecule has 2 aromatic rings. The number of hydrogen-bond acceptors (Lipinski definition) is 3. The van der Waals surface area contributed by atoms with Gasteiger partial charge in [-0.1, -0.05) is 62.4 Å². The number of aryl methyl sites for hydroxylation is 3. The van der Waals surface area contributed by atoms with E-state index in [1.165, 1.54) is 15.4 Å². The number of carbonyl (C=O) groups excluding carboxylic acids is 1. The van der Waals surface area contributed by atoms with E-state index >= 15 is 0 Å². The van der Waals surface area contributed by atoms with Crippen LogP contribution in [0.15, 0.2) is 48.5 Å². The van der Waals surface area contributed by atoms with Crippen molar-refractivity contribution >= 4 is 15.9 Å². The van der Waals surface area contributed by atoms with E-state index in [1.54, 1.807) is 0 Å². The lowest BCUT2D eigenvalue weighted by Gasteiger charge is -2.31. The van der Waals surface area contributed by atoms with Gasteiger partial charge in [-0.2, -0.15) is 0 Å². The Balaban J connectivity index is 1.54. The molecule has 32 heavy (non-hydrogen) atoms. The van der Waals surface area contributed by atoms with Gasteiger partial charge >= 0.3 is 0 Å². The van der Waals surface area contributed by atoms with Gasteiger partial charge < -0.3 is 5.32 Å². The van der Waals surface area contributed by atoms with Gasteiger partial charge in [-0.15, -0.1) is 0 Å². The van der Waals surface area contributed by atoms with Gasteiger partial charge in [0.2, 0.25) is 15.9 Å². The van der Waals surface area contributed by atoms with Crippen LogP contribution in [0, 0.1) is 5.92 Å². The predicted molar refractivity (Wildman–Crippen MR) is 130 cm³/mol. The molecule has 1 aliphatic rings. The van der Waals surface area contributed by atoms with Crippen LogP contribution in [-0.2, 0) is 40.6 Å². The van der Waals surface area contributed by atoms with Gasteiger partial charge in [-0.25, -0.2) is 12.7 Å². The molecular formula is C26H36N2O3S. The fraction of sp³-hybridized carbons (Fsp3) is 0.500. The zero-order chi connectivity index (χ0) is 23.0. The van der Waals surface area contributed by atoms with Crippen LogP contribution < -0.4 is 5.32 Å². The molecule has 0 aromatic heterocycles. The third kappa shape index (κ3) is 6.66. The number of rotatable bonds is 10. The van der Waals surface area contributed by atoms with Gasteiger partial charge in [0.1, 0.15) is 0 Å². The Labute approximate surface area is 193 Å². The van der Waals surface area contributed by atoms with Crippen LogP contribution in [0.4, 0.5) is 0 Å². The maximum atomic E-state index is 12.9. The van der Waals surface area contributed by atoms with E-state index in [2.05, 4.69) is 37.4 Å². The maximum absolute atomic E-state index is 12.9. The quantitative estimate of drug-likeness (QED) is 0.585. The summed E-state index contributed by atoms with van der Waals surface area (Å²) in [5, 5.41) is 3.07. The van der Waals surface area contributed by atoms with Gasteiger partial charge in [-0.05, 0) is 60.8 Å². The zero-order valence-corrected chi connectivity index (χ0v) is 20.2. The van der Waals surface area contributed by atoms with E-state index in [4.69, 9.17) is 0 Å². The molecule has 6 heteroatoms. The van der Waals surface area contributed by atoms with E-state index in [-0.39, 0.29) is 24.1 Å². The van der Waals surface area contributed by atoms with Gasteiger partial charge in [0.25, 0.3) is 0 Å². The van der Waals surface area contributed by atoms with Crippen LogP contribution in [0.2, 0.25) is 0 Å². The van der Waals surface area contributed by atoms with Crippen molar-refractivity contribution in [2.45, 2.75) is 58.9 Å². The first kappa shape index (κ1) is 24.5. The number of sulfonamides is 1. The lowest BCUT2D eigenvalue weighted by molar-refractivity contribution is -0.126. The van der Waals surface area contributed by atoms with E-state index in [0.717, 1.165) is 43.2 Å². The Bertz CT molecular complexity index is 989. The van der Waals surface area contributed by atoms with Crippen molar-refractivity contribution in [3.8, 4) is 0 Å². The molecule has 1 N–H and O–H groups in total. The third-order valence-corrected chi connectivity index (χ3v) is 8.29. The van der Waals surface area contributed by atoms with Crippen LogP contribution in [0.3, 0.4) is 0 Å². The second-order valence-electron chi connectivity index (χ2n) is 8.63. The SMILES string of the molecule is CCc1ccc(CC)c(CNC(=O)C2CCCN(S(=O)(=O)CCCc3ccccc3)C2)c1. The molecule has 1 atom stereocenters. The van der Waals surface area contributed by atoms with Crippen LogP contribution in [0.5, 0.6) is 0 Å². The molecule has 3 rings (SSSR count). The lowest BCUT2D eigenvalue weighted by atomic mass is 9.97. The largest absolute Gasteiger partial charge is 0.352 e. The Kier molecular flexibility index (Phi) is 8.88. The third-order valence-electron chi connectivity index (χ3n) is 6.37. The number of carbonyl (C=O) groups is 1. The van der Waals surface area contributed by atoms with Crippen molar-refractivity contribution < 1.29 is 13.2 Å². The zero-order valence-electron chi connectivity index (χ0n) is 19.3. The monoisotopic (exact) mass is 456 g/mol. The molecule has 1 heterocycles. The first-order valence-corrected chi connectivity index (χ1v) is 13.4. The molecule has 0 spiro atoms. The highest BCUT2D eigenvalue weighted by atomic mass is 32.2. The molecule has 1 aliphatic heterocycles. The summed E-state index contributed by atoms with van der Waals surface area (Å²) >= 11 is 0. The summed E-state index contributed by atoms with van der Waals surface area (Å²) in [5.41, 5.74) is 4.81. The first-order valence-electron chi connectivity index (χ1n) is 11.8. The predicted octanol–water partition coefficient (Wildman–Crippen LogP) is 4.10. The topological polar surface area (TPSA) is 66.5 Å². The van der Waals surface area contributed by atoms with Crippen LogP contribution in [-0.4, -0.2) is 37.5 Å². The molecule has 0 bridgehead atoms. The molecule has 0 saturated carbocycles. The van der Waals surface area contributed by atoms with Gasteiger partial charge in [0.15, 0.2) is 0 Å². The summed E-state index contributed by atoms with van der Waals surface area (Å²) in [5.74, 6) is -0.204. The lowest BCUT2D eigenvalue weighted by Crippen LogP contribution is -2.46. The Hall–Kier alpha value is -2.18. The van der Waals surface area contributed by atoms with Crippen molar-refractivity contribution in [3.05, 3.63) is 70.8 Å². The number of nitrogens with one attached hydrogen (secondary N) is 1. The summed E-state index contributed by atoms with van der Waals surface area (Å²) < 4.78 is 27.3. The number of piperidine rings is 1. The summed E-state index contributed by atoms with van der Waals surface area (Å²) in [7, 11) is -3.35. The molecule has 1 amide bonds. The molecule has 2 aromatic carbocycles. The molecule has 5 nitrogen and oxygen atoms in total. The van der Waals surface area contributed by atoms with Crippen molar-refractivity contribution in [2.24, 2.45) is 5.92 Å². The fourth-order valence-corrected chi connectivity index (χ4v) is 5.96. The molecule has 1 unspecified atom stereocenters. The highest BCUT2D eigenvalue weighted by Crippen LogP contribution is 2.21. The summed E-state index contributed by atoms with van der Waals surface area (Å²) in [4.78, 5) is 12.9. The smallest absolute Gasteiger partial charge is 0.224 e. The number of hydrogen-bond donors (Lipinski definition) is 1. The van der Waals surface area contributed by atoms with Crippen LogP contribution >= 0.6 is 0 Å². The van der Waals surface area contributed by atoms with Crippen molar-refractivity contribution in [2.75, 3.05) is 18.8 Å². The van der Waals surface area contributed by atoms with Crippen LogP contribution in [0.1, 0.15) is 55.4 Å². The number of amides is 1. The Morgan fingerprint density at radius 2 is 1.81 bits per heavy atom. The van der Waals surface area contributed by atoms with Gasteiger partial charge in [-0.3, -0.25) is 4.79 Å². The Morgan fingerprint density at radius 1 is 1.03 bits per heavy atom. The second kappa shape index (κ2) is 11.6. The molecular weight excluding hydrogens is 420 g/mol. The number of nitrogens with zero attached hydrogens (tertiary/aromatic N) is 1. The minimum absolute atomic E-state index is 0.0434. The highest BCUT2D eigenvalue weighted by Gasteiger charge is 2.32. The van der Waals surface area contributed by atoms with Crippen molar-refractivity contribution in [3.63, 3.8) is 0 Å². The van der Waals surface area contributed by atoms with Crippen molar-refractivity contribution in [1.29, 1.82) is 0 Å². The number of benzene rings is 2. The molecule has 1 saturated heterocycles. The normalized spacial score (nSPS) is 17.2. The minimum Gasteiger partial charge on any atom is -0.352 e. The van der Waals surface area contributed by atoms with Gasteiger partial charge in [0, 0.05) is 19.6 Å². The van der Waals surface area contributed by atoms with Crippen molar-refractivity contribution in [1.82, 2.24) is 9.62 Å². The van der Waals surface area contributed by atoms with E-state index in [1.807, 2.05) is 30.3 Å². The molecule has 0 radical (unpaired) electrons. The Morgan fingerprint density at radius 3 is 2.53 bits per heavy atom. The summed E-state index contributed by atoms with van der Waals surface area (Å²) in [6.45, 7) is 5.54. The fourth-order valence-electron chi connectivity index (χ4n) is 4.38. The highest BCUT2D eigenvalue weighted by molar-refractivity contribution is 7.89. The van der Waals surface area contributed by atoms with Gasteiger partial charge in [0.05, 0.1) is 11.7 Å². The minimum atomic E-state index is -3.35. The molecule has 174 valence electrons.